The normalized spacial score (nSPS) is 14.9. The van der Waals surface area contributed by atoms with Gasteiger partial charge < -0.3 is 0 Å². The summed E-state index contributed by atoms with van der Waals surface area (Å²) in [5, 5.41) is 13.1. The first-order valence-corrected chi connectivity index (χ1v) is 6.11. The van der Waals surface area contributed by atoms with Gasteiger partial charge in [-0.1, -0.05) is 18.6 Å². The summed E-state index contributed by atoms with van der Waals surface area (Å²) < 4.78 is 1.67. The maximum absolute atomic E-state index is 12.1. The van der Waals surface area contributed by atoms with E-state index in [1.54, 1.807) is 24.0 Å². The molecule has 0 unspecified atom stereocenters. The largest absolute Gasteiger partial charge is 0.292 e. The van der Waals surface area contributed by atoms with Gasteiger partial charge in [-0.15, -0.1) is 0 Å². The molecule has 0 amide bonds. The standard InChI is InChI=1S/C14H15N3O/c1-17-13(8-9-16-17)7-6-12(10-15)14(18)11-4-2-3-5-11/h7-9,11H,2-5H2,1H3. The Bertz CT molecular complexity index is 550. The van der Waals surface area contributed by atoms with Gasteiger partial charge in [0, 0.05) is 25.2 Å². The number of nitriles is 1. The van der Waals surface area contributed by atoms with Gasteiger partial charge in [0.2, 0.25) is 0 Å². The Balaban J connectivity index is 2.23. The molecule has 1 heterocycles. The van der Waals surface area contributed by atoms with E-state index in [0.717, 1.165) is 31.4 Å². The van der Waals surface area contributed by atoms with Crippen LogP contribution >= 0.6 is 0 Å². The number of aryl methyl sites for hydroxylation is 1. The highest BCUT2D eigenvalue weighted by Gasteiger charge is 2.25. The van der Waals surface area contributed by atoms with E-state index in [4.69, 9.17) is 5.26 Å². The topological polar surface area (TPSA) is 58.7 Å². The van der Waals surface area contributed by atoms with Crippen LogP contribution in [0.3, 0.4) is 0 Å². The number of hydrogen-bond donors (Lipinski definition) is 0. The molecule has 4 nitrogen and oxygen atoms in total. The van der Waals surface area contributed by atoms with Crippen molar-refractivity contribution in [2.24, 2.45) is 13.0 Å². The molecule has 0 bridgehead atoms. The zero-order valence-corrected chi connectivity index (χ0v) is 10.4. The van der Waals surface area contributed by atoms with Crippen LogP contribution in [0.2, 0.25) is 0 Å². The molecule has 0 atom stereocenters. The number of carbonyl (C=O) groups excluding carboxylic acids is 1. The van der Waals surface area contributed by atoms with E-state index in [0.29, 0.717) is 0 Å². The molecule has 0 saturated heterocycles. The smallest absolute Gasteiger partial charge is 0.184 e. The van der Waals surface area contributed by atoms with E-state index in [1.165, 1.54) is 0 Å². The third kappa shape index (κ3) is 2.58. The van der Waals surface area contributed by atoms with Gasteiger partial charge in [0.05, 0.1) is 5.69 Å². The second-order valence-electron chi connectivity index (χ2n) is 4.50. The summed E-state index contributed by atoms with van der Waals surface area (Å²) in [6, 6.07) is 3.76. The number of aromatic nitrogens is 2. The average Bonchev–Trinajstić information content (AvgIpc) is 3.01. The molecule has 1 saturated carbocycles. The highest BCUT2D eigenvalue weighted by atomic mass is 16.1. The van der Waals surface area contributed by atoms with Gasteiger partial charge in [-0.25, -0.2) is 0 Å². The highest BCUT2D eigenvalue weighted by molar-refractivity contribution is 6.00. The molecule has 2 rings (SSSR count). The summed E-state index contributed by atoms with van der Waals surface area (Å²) in [5.74, 6) is -0.0412. The van der Waals surface area contributed by atoms with Gasteiger partial charge in [0.15, 0.2) is 5.78 Å². The summed E-state index contributed by atoms with van der Waals surface area (Å²) in [4.78, 5) is 12.1. The minimum absolute atomic E-state index is 0.0205. The van der Waals surface area contributed by atoms with E-state index in [2.05, 4.69) is 10.8 Å². The molecule has 4 heteroatoms. The van der Waals surface area contributed by atoms with Gasteiger partial charge in [-0.05, 0) is 18.9 Å². The van der Waals surface area contributed by atoms with Crippen molar-refractivity contribution in [2.75, 3.05) is 0 Å². The molecular weight excluding hydrogens is 226 g/mol. The number of allylic oxidation sites excluding steroid dienone is 1. The van der Waals surface area contributed by atoms with Crippen LogP contribution in [0.1, 0.15) is 31.4 Å². The number of ketones is 1. The summed E-state index contributed by atoms with van der Waals surface area (Å²) >= 11 is 0. The SMILES string of the molecule is Cn1nccc1C=C=C(C#N)C(=O)C1CCCC1. The van der Waals surface area contributed by atoms with Gasteiger partial charge >= 0.3 is 0 Å². The zero-order valence-electron chi connectivity index (χ0n) is 10.4. The number of Topliss-reactive ketones (excluding diaryl/α,β-unsaturated/α-hetero) is 1. The second-order valence-corrected chi connectivity index (χ2v) is 4.50. The fraction of sp³-hybridized carbons (Fsp3) is 0.429. The maximum atomic E-state index is 12.1. The van der Waals surface area contributed by atoms with Crippen LogP contribution in [0, 0.1) is 17.2 Å². The van der Waals surface area contributed by atoms with Crippen LogP contribution < -0.4 is 0 Å². The van der Waals surface area contributed by atoms with Gasteiger partial charge in [-0.3, -0.25) is 9.48 Å². The molecule has 0 aliphatic heterocycles. The number of nitrogens with zero attached hydrogens (tertiary/aromatic N) is 3. The lowest BCUT2D eigenvalue weighted by Gasteiger charge is -2.03. The fourth-order valence-electron chi connectivity index (χ4n) is 2.22. The molecule has 1 aliphatic carbocycles. The van der Waals surface area contributed by atoms with E-state index in [9.17, 15) is 4.79 Å². The molecule has 18 heavy (non-hydrogen) atoms. The minimum atomic E-state index is -0.0616. The molecule has 92 valence electrons. The Morgan fingerprint density at radius 1 is 1.56 bits per heavy atom. The summed E-state index contributed by atoms with van der Waals surface area (Å²) in [7, 11) is 1.80. The summed E-state index contributed by atoms with van der Waals surface area (Å²) in [6.45, 7) is 0. The van der Waals surface area contributed by atoms with Crippen molar-refractivity contribution in [3.05, 3.63) is 29.3 Å². The van der Waals surface area contributed by atoms with Crippen molar-refractivity contribution in [2.45, 2.75) is 25.7 Å². The lowest BCUT2D eigenvalue weighted by molar-refractivity contribution is -0.118. The van der Waals surface area contributed by atoms with Gasteiger partial charge in [-0.2, -0.15) is 10.4 Å². The molecule has 0 spiro atoms. The Hall–Kier alpha value is -2.11. The first-order valence-electron chi connectivity index (χ1n) is 6.11. The lowest BCUT2D eigenvalue weighted by Crippen LogP contribution is -2.11. The fourth-order valence-corrected chi connectivity index (χ4v) is 2.22. The Kier molecular flexibility index (Phi) is 3.76. The maximum Gasteiger partial charge on any atom is 0.184 e. The van der Waals surface area contributed by atoms with E-state index in [-0.39, 0.29) is 17.3 Å². The zero-order chi connectivity index (χ0) is 13.0. The molecule has 1 fully saturated rings. The molecule has 0 aromatic carbocycles. The third-order valence-electron chi connectivity index (χ3n) is 3.31. The molecule has 1 aliphatic rings. The molecule has 0 radical (unpaired) electrons. The molecule has 0 N–H and O–H groups in total. The second kappa shape index (κ2) is 5.48. The van der Waals surface area contributed by atoms with E-state index < -0.39 is 0 Å². The number of carbonyl (C=O) groups is 1. The van der Waals surface area contributed by atoms with Gasteiger partial charge in [0.1, 0.15) is 11.6 Å². The quantitative estimate of drug-likeness (QED) is 0.463. The first kappa shape index (κ1) is 12.3. The van der Waals surface area contributed by atoms with Crippen LogP contribution in [0.5, 0.6) is 0 Å². The van der Waals surface area contributed by atoms with Crippen LogP contribution in [0.25, 0.3) is 6.08 Å². The van der Waals surface area contributed by atoms with Crippen molar-refractivity contribution < 1.29 is 4.79 Å². The molecule has 1 aromatic heterocycles. The number of rotatable bonds is 3. The van der Waals surface area contributed by atoms with Crippen molar-refractivity contribution in [3.63, 3.8) is 0 Å². The average molecular weight is 241 g/mol. The van der Waals surface area contributed by atoms with Crippen LogP contribution in [0.4, 0.5) is 0 Å². The Labute approximate surface area is 106 Å². The summed E-state index contributed by atoms with van der Waals surface area (Å²) in [5.41, 5.74) is 3.76. The predicted molar refractivity (Wildman–Crippen MR) is 67.3 cm³/mol. The molecular formula is C14H15N3O. The van der Waals surface area contributed by atoms with Crippen LogP contribution in [-0.4, -0.2) is 15.6 Å². The third-order valence-corrected chi connectivity index (χ3v) is 3.31. The lowest BCUT2D eigenvalue weighted by atomic mass is 9.97. The highest BCUT2D eigenvalue weighted by Crippen LogP contribution is 2.27. The van der Waals surface area contributed by atoms with Crippen molar-refractivity contribution >= 4 is 11.9 Å². The van der Waals surface area contributed by atoms with Crippen LogP contribution in [0.15, 0.2) is 23.6 Å². The van der Waals surface area contributed by atoms with Crippen molar-refractivity contribution in [3.8, 4) is 6.07 Å². The van der Waals surface area contributed by atoms with E-state index >= 15 is 0 Å². The Morgan fingerprint density at radius 2 is 2.28 bits per heavy atom. The monoisotopic (exact) mass is 241 g/mol. The molecule has 1 aromatic rings. The predicted octanol–water partition coefficient (Wildman–Crippen LogP) is 2.24. The number of hydrogen-bond acceptors (Lipinski definition) is 3. The van der Waals surface area contributed by atoms with Crippen molar-refractivity contribution in [1.29, 1.82) is 5.26 Å². The van der Waals surface area contributed by atoms with E-state index in [1.807, 2.05) is 12.1 Å². The van der Waals surface area contributed by atoms with Crippen molar-refractivity contribution in [1.82, 2.24) is 9.78 Å². The Morgan fingerprint density at radius 3 is 2.83 bits per heavy atom. The van der Waals surface area contributed by atoms with Crippen LogP contribution in [-0.2, 0) is 11.8 Å². The first-order chi connectivity index (χ1) is 8.72. The minimum Gasteiger partial charge on any atom is -0.292 e. The summed E-state index contributed by atoms with van der Waals surface area (Å²) in [6.07, 6.45) is 7.27. The van der Waals surface area contributed by atoms with Gasteiger partial charge in [0.25, 0.3) is 0 Å².